The van der Waals surface area contributed by atoms with Crippen molar-refractivity contribution in [2.45, 2.75) is 12.5 Å². The van der Waals surface area contributed by atoms with E-state index in [1.165, 1.54) is 11.1 Å². The maximum atomic E-state index is 9.89. The molecular formula is C21H19NO. The van der Waals surface area contributed by atoms with Crippen molar-refractivity contribution in [1.29, 1.82) is 0 Å². The highest BCUT2D eigenvalue weighted by molar-refractivity contribution is 5.83. The minimum atomic E-state index is 0.0261. The Morgan fingerprint density at radius 3 is 2.09 bits per heavy atom. The summed E-state index contributed by atoms with van der Waals surface area (Å²) in [6.07, 6.45) is 2.59. The van der Waals surface area contributed by atoms with Crippen LogP contribution in [0.3, 0.4) is 0 Å². The van der Waals surface area contributed by atoms with E-state index >= 15 is 0 Å². The standard InChI is InChI=1S/C21H19NO/c23-21-14-8-7-13-19(21)16-22-20(18-11-5-2-6-12-18)15-17-9-3-1-4-10-17/h1-14,16,20,23H,15H2/t20-/m0/s1. The topological polar surface area (TPSA) is 32.6 Å². The van der Waals surface area contributed by atoms with Gasteiger partial charge in [-0.3, -0.25) is 4.99 Å². The molecule has 0 fully saturated rings. The zero-order valence-electron chi connectivity index (χ0n) is 12.8. The lowest BCUT2D eigenvalue weighted by Gasteiger charge is -2.13. The van der Waals surface area contributed by atoms with E-state index in [-0.39, 0.29) is 11.8 Å². The molecule has 0 radical (unpaired) electrons. The minimum Gasteiger partial charge on any atom is -0.507 e. The van der Waals surface area contributed by atoms with E-state index in [0.29, 0.717) is 0 Å². The molecule has 0 bridgehead atoms. The average molecular weight is 301 g/mol. The van der Waals surface area contributed by atoms with E-state index in [1.54, 1.807) is 12.3 Å². The number of benzene rings is 3. The third kappa shape index (κ3) is 4.07. The van der Waals surface area contributed by atoms with E-state index in [1.807, 2.05) is 54.6 Å². The fourth-order valence-corrected chi connectivity index (χ4v) is 2.54. The van der Waals surface area contributed by atoms with Crippen LogP contribution < -0.4 is 0 Å². The first-order valence-electron chi connectivity index (χ1n) is 7.73. The fourth-order valence-electron chi connectivity index (χ4n) is 2.54. The SMILES string of the molecule is Oc1ccccc1C=N[C@@H](Cc1ccccc1)c1ccccc1. The molecule has 0 aromatic heterocycles. The number of hydrogen-bond donors (Lipinski definition) is 1. The quantitative estimate of drug-likeness (QED) is 0.675. The minimum absolute atomic E-state index is 0.0261. The molecule has 114 valence electrons. The summed E-state index contributed by atoms with van der Waals surface area (Å²) in [5.74, 6) is 0.253. The number of aliphatic imine (C=N–C) groups is 1. The van der Waals surface area contributed by atoms with Crippen LogP contribution in [0.2, 0.25) is 0 Å². The van der Waals surface area contributed by atoms with Gasteiger partial charge < -0.3 is 5.11 Å². The molecule has 3 aromatic carbocycles. The molecule has 3 aromatic rings. The summed E-state index contributed by atoms with van der Waals surface area (Å²) in [5.41, 5.74) is 3.15. The van der Waals surface area contributed by atoms with Crippen LogP contribution in [0.5, 0.6) is 5.75 Å². The zero-order chi connectivity index (χ0) is 15.9. The first-order chi connectivity index (χ1) is 11.3. The van der Waals surface area contributed by atoms with Gasteiger partial charge in [-0.2, -0.15) is 0 Å². The summed E-state index contributed by atoms with van der Waals surface area (Å²) in [6, 6.07) is 27.9. The molecule has 2 heteroatoms. The molecule has 0 unspecified atom stereocenters. The Kier molecular flexibility index (Phi) is 4.85. The van der Waals surface area contributed by atoms with Gasteiger partial charge in [0.15, 0.2) is 0 Å². The summed E-state index contributed by atoms with van der Waals surface area (Å²) in [4.78, 5) is 4.74. The third-order valence-corrected chi connectivity index (χ3v) is 3.79. The van der Waals surface area contributed by atoms with Gasteiger partial charge in [-0.05, 0) is 29.7 Å². The second kappa shape index (κ2) is 7.41. The maximum absolute atomic E-state index is 9.89. The van der Waals surface area contributed by atoms with Crippen molar-refractivity contribution in [3.8, 4) is 5.75 Å². The van der Waals surface area contributed by atoms with Gasteiger partial charge in [0.25, 0.3) is 0 Å². The number of aromatic hydroxyl groups is 1. The van der Waals surface area contributed by atoms with Crippen LogP contribution in [0.15, 0.2) is 89.9 Å². The molecule has 0 saturated carbocycles. The lowest BCUT2D eigenvalue weighted by atomic mass is 9.99. The third-order valence-electron chi connectivity index (χ3n) is 3.79. The predicted octanol–water partition coefficient (Wildman–Crippen LogP) is 4.80. The van der Waals surface area contributed by atoms with Crippen LogP contribution in [0.25, 0.3) is 0 Å². The molecule has 0 amide bonds. The Hall–Kier alpha value is -2.87. The second-order valence-corrected chi connectivity index (χ2v) is 5.45. The average Bonchev–Trinajstić information content (AvgIpc) is 2.61. The van der Waals surface area contributed by atoms with Crippen molar-refractivity contribution in [1.82, 2.24) is 0 Å². The molecule has 3 rings (SSSR count). The van der Waals surface area contributed by atoms with Crippen LogP contribution in [-0.4, -0.2) is 11.3 Å². The molecule has 2 nitrogen and oxygen atoms in total. The molecule has 0 heterocycles. The lowest BCUT2D eigenvalue weighted by Crippen LogP contribution is -2.01. The number of rotatable bonds is 5. The summed E-state index contributed by atoms with van der Waals surface area (Å²) in [5, 5.41) is 9.89. The normalized spacial score (nSPS) is 12.3. The van der Waals surface area contributed by atoms with Crippen molar-refractivity contribution >= 4 is 6.21 Å². The molecular weight excluding hydrogens is 282 g/mol. The monoisotopic (exact) mass is 301 g/mol. The highest BCUT2D eigenvalue weighted by Gasteiger charge is 2.10. The molecule has 0 aliphatic rings. The van der Waals surface area contributed by atoms with E-state index in [4.69, 9.17) is 4.99 Å². The van der Waals surface area contributed by atoms with Crippen molar-refractivity contribution in [2.24, 2.45) is 4.99 Å². The van der Waals surface area contributed by atoms with Gasteiger partial charge >= 0.3 is 0 Å². The van der Waals surface area contributed by atoms with E-state index < -0.39 is 0 Å². The largest absolute Gasteiger partial charge is 0.507 e. The number of phenols is 1. The van der Waals surface area contributed by atoms with Gasteiger partial charge in [-0.1, -0.05) is 72.8 Å². The Morgan fingerprint density at radius 2 is 1.39 bits per heavy atom. The highest BCUT2D eigenvalue weighted by atomic mass is 16.3. The molecule has 1 atom stereocenters. The molecule has 23 heavy (non-hydrogen) atoms. The van der Waals surface area contributed by atoms with Gasteiger partial charge in [-0.15, -0.1) is 0 Å². The molecule has 0 aliphatic carbocycles. The number of hydrogen-bond acceptors (Lipinski definition) is 2. The summed E-state index contributed by atoms with van der Waals surface area (Å²) >= 11 is 0. The van der Waals surface area contributed by atoms with E-state index in [0.717, 1.165) is 12.0 Å². The van der Waals surface area contributed by atoms with Crippen molar-refractivity contribution in [2.75, 3.05) is 0 Å². The Morgan fingerprint density at radius 1 is 0.783 bits per heavy atom. The fraction of sp³-hybridized carbons (Fsp3) is 0.0952. The number of para-hydroxylation sites is 1. The number of nitrogens with zero attached hydrogens (tertiary/aromatic N) is 1. The molecule has 0 aliphatic heterocycles. The van der Waals surface area contributed by atoms with Crippen molar-refractivity contribution in [3.63, 3.8) is 0 Å². The second-order valence-electron chi connectivity index (χ2n) is 5.45. The summed E-state index contributed by atoms with van der Waals surface area (Å²) < 4.78 is 0. The van der Waals surface area contributed by atoms with Gasteiger partial charge in [0, 0.05) is 11.8 Å². The molecule has 1 N–H and O–H groups in total. The predicted molar refractivity (Wildman–Crippen MR) is 95.0 cm³/mol. The first-order valence-corrected chi connectivity index (χ1v) is 7.73. The Balaban J connectivity index is 1.88. The van der Waals surface area contributed by atoms with Crippen LogP contribution >= 0.6 is 0 Å². The van der Waals surface area contributed by atoms with Gasteiger partial charge in [-0.25, -0.2) is 0 Å². The summed E-state index contributed by atoms with van der Waals surface area (Å²) in [7, 11) is 0. The molecule has 0 spiro atoms. The van der Waals surface area contributed by atoms with Gasteiger partial charge in [0.2, 0.25) is 0 Å². The highest BCUT2D eigenvalue weighted by Crippen LogP contribution is 2.23. The Bertz CT molecular complexity index is 766. The van der Waals surface area contributed by atoms with Crippen molar-refractivity contribution in [3.05, 3.63) is 102 Å². The van der Waals surface area contributed by atoms with Gasteiger partial charge in [0.05, 0.1) is 6.04 Å². The molecule has 0 saturated heterocycles. The van der Waals surface area contributed by atoms with Crippen LogP contribution in [0.1, 0.15) is 22.7 Å². The van der Waals surface area contributed by atoms with Crippen LogP contribution in [0, 0.1) is 0 Å². The summed E-state index contributed by atoms with van der Waals surface area (Å²) in [6.45, 7) is 0. The van der Waals surface area contributed by atoms with E-state index in [9.17, 15) is 5.11 Å². The first kappa shape index (κ1) is 15.0. The van der Waals surface area contributed by atoms with Crippen molar-refractivity contribution < 1.29 is 5.11 Å². The number of phenolic OH excluding ortho intramolecular Hbond substituents is 1. The lowest BCUT2D eigenvalue weighted by molar-refractivity contribution is 0.474. The van der Waals surface area contributed by atoms with Crippen LogP contribution in [-0.2, 0) is 6.42 Å². The Labute approximate surface area is 136 Å². The smallest absolute Gasteiger partial charge is 0.124 e. The van der Waals surface area contributed by atoms with Gasteiger partial charge in [0.1, 0.15) is 5.75 Å². The van der Waals surface area contributed by atoms with E-state index in [2.05, 4.69) is 24.3 Å². The van der Waals surface area contributed by atoms with Crippen LogP contribution in [0.4, 0.5) is 0 Å². The zero-order valence-corrected chi connectivity index (χ0v) is 12.8. The maximum Gasteiger partial charge on any atom is 0.124 e.